The first-order chi connectivity index (χ1) is 6.84. The van der Waals surface area contributed by atoms with Crippen molar-refractivity contribution in [2.45, 2.75) is 51.9 Å². The van der Waals surface area contributed by atoms with Gasteiger partial charge in [0.05, 0.1) is 5.92 Å². The SMILES string of the molecule is CCCC#COC(=O)C1CCCCC1. The van der Waals surface area contributed by atoms with Crippen molar-refractivity contribution in [3.05, 3.63) is 0 Å². The molecular formula is C12H18O2. The first-order valence-corrected chi connectivity index (χ1v) is 5.53. The average Bonchev–Trinajstić information content (AvgIpc) is 2.25. The summed E-state index contributed by atoms with van der Waals surface area (Å²) >= 11 is 0. The summed E-state index contributed by atoms with van der Waals surface area (Å²) in [5.41, 5.74) is 0. The summed E-state index contributed by atoms with van der Waals surface area (Å²) in [6.07, 6.45) is 9.82. The average molecular weight is 194 g/mol. The van der Waals surface area contributed by atoms with Gasteiger partial charge in [0, 0.05) is 6.42 Å². The third-order valence-corrected chi connectivity index (χ3v) is 2.54. The molecule has 1 saturated carbocycles. The number of rotatable bonds is 2. The molecule has 0 unspecified atom stereocenters. The van der Waals surface area contributed by atoms with E-state index in [-0.39, 0.29) is 11.9 Å². The van der Waals surface area contributed by atoms with Crippen LogP contribution in [0.1, 0.15) is 51.9 Å². The maximum absolute atomic E-state index is 11.4. The lowest BCUT2D eigenvalue weighted by Gasteiger charge is -2.17. The summed E-state index contributed by atoms with van der Waals surface area (Å²) in [6.45, 7) is 2.05. The number of unbranched alkanes of at least 4 members (excludes halogenated alkanes) is 1. The Morgan fingerprint density at radius 2 is 2.07 bits per heavy atom. The van der Waals surface area contributed by atoms with Crippen molar-refractivity contribution in [3.63, 3.8) is 0 Å². The third kappa shape index (κ3) is 3.83. The summed E-state index contributed by atoms with van der Waals surface area (Å²) in [6, 6.07) is 0. The van der Waals surface area contributed by atoms with E-state index in [0.29, 0.717) is 0 Å². The van der Waals surface area contributed by atoms with E-state index in [4.69, 9.17) is 4.74 Å². The van der Waals surface area contributed by atoms with Gasteiger partial charge < -0.3 is 4.74 Å². The first-order valence-electron chi connectivity index (χ1n) is 5.53. The van der Waals surface area contributed by atoms with Crippen LogP contribution in [-0.4, -0.2) is 5.97 Å². The zero-order chi connectivity index (χ0) is 10.2. The summed E-state index contributed by atoms with van der Waals surface area (Å²) in [5, 5.41) is 0. The molecule has 14 heavy (non-hydrogen) atoms. The smallest absolute Gasteiger partial charge is 0.322 e. The van der Waals surface area contributed by atoms with E-state index in [2.05, 4.69) is 19.0 Å². The molecule has 0 aliphatic heterocycles. The highest BCUT2D eigenvalue weighted by molar-refractivity contribution is 5.73. The van der Waals surface area contributed by atoms with Gasteiger partial charge in [-0.05, 0) is 19.3 Å². The molecule has 0 bridgehead atoms. The van der Waals surface area contributed by atoms with Crippen LogP contribution in [0.3, 0.4) is 0 Å². The monoisotopic (exact) mass is 194 g/mol. The number of carbonyl (C=O) groups excluding carboxylic acids is 1. The van der Waals surface area contributed by atoms with Crippen molar-refractivity contribution in [2.24, 2.45) is 5.92 Å². The van der Waals surface area contributed by atoms with E-state index < -0.39 is 0 Å². The van der Waals surface area contributed by atoms with E-state index in [1.807, 2.05) is 0 Å². The highest BCUT2D eigenvalue weighted by Crippen LogP contribution is 2.24. The molecule has 2 heteroatoms. The van der Waals surface area contributed by atoms with Gasteiger partial charge in [0.2, 0.25) is 0 Å². The van der Waals surface area contributed by atoms with Crippen LogP contribution in [-0.2, 0) is 9.53 Å². The Bertz CT molecular complexity index is 228. The van der Waals surface area contributed by atoms with E-state index in [0.717, 1.165) is 38.5 Å². The molecule has 0 aromatic rings. The Hall–Kier alpha value is -0.970. The number of carbonyl (C=O) groups is 1. The molecule has 0 atom stereocenters. The van der Waals surface area contributed by atoms with Crippen LogP contribution in [0.4, 0.5) is 0 Å². The van der Waals surface area contributed by atoms with Crippen molar-refractivity contribution in [1.82, 2.24) is 0 Å². The zero-order valence-corrected chi connectivity index (χ0v) is 8.84. The number of ether oxygens (including phenoxy) is 1. The van der Waals surface area contributed by atoms with E-state index in [1.54, 1.807) is 0 Å². The molecule has 0 saturated heterocycles. The zero-order valence-electron chi connectivity index (χ0n) is 8.84. The van der Waals surface area contributed by atoms with Gasteiger partial charge in [-0.25, -0.2) is 0 Å². The molecule has 78 valence electrons. The molecule has 0 spiro atoms. The second-order valence-corrected chi connectivity index (χ2v) is 3.78. The highest BCUT2D eigenvalue weighted by atomic mass is 16.5. The van der Waals surface area contributed by atoms with Gasteiger partial charge in [-0.15, -0.1) is 0 Å². The van der Waals surface area contributed by atoms with Crippen LogP contribution in [0, 0.1) is 17.9 Å². The molecule has 2 nitrogen and oxygen atoms in total. The third-order valence-electron chi connectivity index (χ3n) is 2.54. The van der Waals surface area contributed by atoms with E-state index in [1.165, 1.54) is 6.42 Å². The van der Waals surface area contributed by atoms with Gasteiger partial charge in [0.25, 0.3) is 0 Å². The molecule has 0 amide bonds. The van der Waals surface area contributed by atoms with Gasteiger partial charge >= 0.3 is 5.97 Å². The topological polar surface area (TPSA) is 26.3 Å². The Labute approximate surface area is 86.0 Å². The molecule has 0 aromatic carbocycles. The largest absolute Gasteiger partial charge is 0.372 e. The summed E-state index contributed by atoms with van der Waals surface area (Å²) in [7, 11) is 0. The Morgan fingerprint density at radius 1 is 1.36 bits per heavy atom. The van der Waals surface area contributed by atoms with Gasteiger partial charge in [-0.3, -0.25) is 4.79 Å². The molecule has 1 aliphatic rings. The number of esters is 1. The fraction of sp³-hybridized carbons (Fsp3) is 0.750. The maximum atomic E-state index is 11.4. The molecule has 0 radical (unpaired) electrons. The molecule has 1 rings (SSSR count). The maximum Gasteiger partial charge on any atom is 0.322 e. The lowest BCUT2D eigenvalue weighted by atomic mass is 9.89. The van der Waals surface area contributed by atoms with Crippen LogP contribution < -0.4 is 0 Å². The standard InChI is InChI=1S/C12H18O2/c1-2-3-7-10-14-12(13)11-8-5-4-6-9-11/h11H,2-6,8-9H2,1H3. The predicted molar refractivity (Wildman–Crippen MR) is 55.4 cm³/mol. The fourth-order valence-corrected chi connectivity index (χ4v) is 1.68. The Morgan fingerprint density at radius 3 is 2.71 bits per heavy atom. The summed E-state index contributed by atoms with van der Waals surface area (Å²) in [4.78, 5) is 11.4. The number of hydrogen-bond acceptors (Lipinski definition) is 2. The predicted octanol–water partition coefficient (Wildman–Crippen LogP) is 2.87. The van der Waals surface area contributed by atoms with Crippen LogP contribution in [0.25, 0.3) is 0 Å². The Kier molecular flexibility index (Phi) is 5.14. The molecular weight excluding hydrogens is 176 g/mol. The van der Waals surface area contributed by atoms with Crippen molar-refractivity contribution in [2.75, 3.05) is 0 Å². The second kappa shape index (κ2) is 6.48. The molecule has 0 N–H and O–H groups in total. The van der Waals surface area contributed by atoms with Crippen LogP contribution in [0.2, 0.25) is 0 Å². The summed E-state index contributed by atoms with van der Waals surface area (Å²) < 4.78 is 4.88. The molecule has 1 fully saturated rings. The molecule has 0 aromatic heterocycles. The minimum Gasteiger partial charge on any atom is -0.372 e. The van der Waals surface area contributed by atoms with Crippen molar-refractivity contribution >= 4 is 5.97 Å². The second-order valence-electron chi connectivity index (χ2n) is 3.78. The van der Waals surface area contributed by atoms with E-state index >= 15 is 0 Å². The van der Waals surface area contributed by atoms with E-state index in [9.17, 15) is 4.79 Å². The van der Waals surface area contributed by atoms with Gasteiger partial charge in [0.1, 0.15) is 6.11 Å². The molecule has 1 aliphatic carbocycles. The van der Waals surface area contributed by atoms with Gasteiger partial charge in [-0.1, -0.05) is 32.1 Å². The van der Waals surface area contributed by atoms with Gasteiger partial charge in [0.15, 0.2) is 0 Å². The minimum absolute atomic E-state index is 0.111. The van der Waals surface area contributed by atoms with Gasteiger partial charge in [-0.2, -0.15) is 0 Å². The van der Waals surface area contributed by atoms with Crippen molar-refractivity contribution in [1.29, 1.82) is 0 Å². The van der Waals surface area contributed by atoms with Crippen molar-refractivity contribution < 1.29 is 9.53 Å². The van der Waals surface area contributed by atoms with Crippen molar-refractivity contribution in [3.8, 4) is 12.0 Å². The lowest BCUT2D eigenvalue weighted by molar-refractivity contribution is -0.142. The molecule has 0 heterocycles. The van der Waals surface area contributed by atoms with Crippen LogP contribution in [0.5, 0.6) is 0 Å². The van der Waals surface area contributed by atoms with Crippen LogP contribution >= 0.6 is 0 Å². The summed E-state index contributed by atoms with van der Waals surface area (Å²) in [5.74, 6) is 2.81. The normalized spacial score (nSPS) is 16.9. The first kappa shape index (κ1) is 11.1. The highest BCUT2D eigenvalue weighted by Gasteiger charge is 2.21. The number of hydrogen-bond donors (Lipinski definition) is 0. The quantitative estimate of drug-likeness (QED) is 0.499. The minimum atomic E-state index is -0.117. The lowest BCUT2D eigenvalue weighted by Crippen LogP contribution is -2.18. The fourth-order valence-electron chi connectivity index (χ4n) is 1.68. The Balaban J connectivity index is 2.24. The van der Waals surface area contributed by atoms with Crippen LogP contribution in [0.15, 0.2) is 0 Å².